The maximum atomic E-state index is 12.8. The number of aliphatic carboxylic acids is 1. The molecule has 0 radical (unpaired) electrons. The zero-order chi connectivity index (χ0) is 18.7. The Morgan fingerprint density at radius 2 is 1.88 bits per heavy atom. The van der Waals surface area contributed by atoms with Crippen LogP contribution in [0.4, 0.5) is 13.2 Å². The largest absolute Gasteiger partial charge is 0.478 e. The molecule has 0 fully saturated rings. The van der Waals surface area contributed by atoms with Gasteiger partial charge in [-0.1, -0.05) is 13.8 Å². The lowest BCUT2D eigenvalue weighted by Gasteiger charge is -2.27. The second-order valence-electron chi connectivity index (χ2n) is 4.35. The number of fused-ring (bicyclic) bond motifs is 1. The van der Waals surface area contributed by atoms with Crippen LogP contribution < -0.4 is 9.46 Å². The topological polar surface area (TPSA) is 92.7 Å². The molecule has 0 saturated carbocycles. The molecular weight excluding hydrogens is 351 g/mol. The van der Waals surface area contributed by atoms with Gasteiger partial charge in [-0.15, -0.1) is 0 Å². The highest BCUT2D eigenvalue weighted by molar-refractivity contribution is 7.89. The minimum Gasteiger partial charge on any atom is -0.478 e. The fourth-order valence-corrected chi connectivity index (χ4v) is 2.65. The molecule has 0 saturated heterocycles. The SMILES string of the molecule is CC.CNS(=O)(=O)c1ccc2c(c1)C=C(C(=O)O)C(C(F)(F)F)O2. The minimum atomic E-state index is -4.91. The Morgan fingerprint density at radius 1 is 1.29 bits per heavy atom. The van der Waals surface area contributed by atoms with Crippen molar-refractivity contribution in [2.45, 2.75) is 31.0 Å². The van der Waals surface area contributed by atoms with Gasteiger partial charge in [-0.3, -0.25) is 0 Å². The van der Waals surface area contributed by atoms with Gasteiger partial charge in [0.15, 0.2) is 0 Å². The zero-order valence-electron chi connectivity index (χ0n) is 13.0. The van der Waals surface area contributed by atoms with E-state index in [9.17, 15) is 26.4 Å². The van der Waals surface area contributed by atoms with Crippen LogP contribution in [-0.4, -0.2) is 38.8 Å². The summed E-state index contributed by atoms with van der Waals surface area (Å²) in [6.45, 7) is 4.00. The number of nitrogens with one attached hydrogen (secondary N) is 1. The molecule has 1 aliphatic heterocycles. The van der Waals surface area contributed by atoms with Crippen LogP contribution in [0.2, 0.25) is 0 Å². The van der Waals surface area contributed by atoms with E-state index in [0.717, 1.165) is 24.3 Å². The Bertz CT molecular complexity index is 756. The van der Waals surface area contributed by atoms with Crippen LogP contribution in [0.15, 0.2) is 28.7 Å². The van der Waals surface area contributed by atoms with E-state index in [4.69, 9.17) is 5.11 Å². The van der Waals surface area contributed by atoms with Crippen LogP contribution >= 0.6 is 0 Å². The summed E-state index contributed by atoms with van der Waals surface area (Å²) >= 11 is 0. The third-order valence-electron chi connectivity index (χ3n) is 2.94. The van der Waals surface area contributed by atoms with Gasteiger partial charge in [0.2, 0.25) is 16.1 Å². The Labute approximate surface area is 137 Å². The van der Waals surface area contributed by atoms with Gasteiger partial charge in [-0.25, -0.2) is 17.9 Å². The van der Waals surface area contributed by atoms with Crippen molar-refractivity contribution < 1.29 is 36.2 Å². The molecule has 2 N–H and O–H groups in total. The number of benzene rings is 1. The minimum absolute atomic E-state index is 0.0609. The number of halogens is 3. The Morgan fingerprint density at radius 3 is 2.33 bits per heavy atom. The Hall–Kier alpha value is -2.07. The molecule has 134 valence electrons. The van der Waals surface area contributed by atoms with Crippen molar-refractivity contribution in [3.8, 4) is 5.75 Å². The van der Waals surface area contributed by atoms with Crippen molar-refractivity contribution >= 4 is 22.1 Å². The van der Waals surface area contributed by atoms with Crippen molar-refractivity contribution in [1.82, 2.24) is 4.72 Å². The summed E-state index contributed by atoms with van der Waals surface area (Å²) in [7, 11) is -2.65. The zero-order valence-corrected chi connectivity index (χ0v) is 13.8. The number of sulfonamides is 1. The van der Waals surface area contributed by atoms with Gasteiger partial charge < -0.3 is 9.84 Å². The molecule has 0 amide bonds. The number of carboxylic acids is 1. The molecule has 1 aromatic rings. The lowest BCUT2D eigenvalue weighted by atomic mass is 10.0. The monoisotopic (exact) mass is 367 g/mol. The van der Waals surface area contributed by atoms with E-state index in [1.807, 2.05) is 18.6 Å². The number of hydrogen-bond donors (Lipinski definition) is 2. The van der Waals surface area contributed by atoms with Gasteiger partial charge >= 0.3 is 12.1 Å². The molecule has 10 heteroatoms. The third-order valence-corrected chi connectivity index (χ3v) is 4.35. The Kier molecular flexibility index (Phi) is 6.01. The highest BCUT2D eigenvalue weighted by Crippen LogP contribution is 2.37. The van der Waals surface area contributed by atoms with Crippen LogP contribution in [0.5, 0.6) is 5.75 Å². The molecule has 0 spiro atoms. The number of rotatable bonds is 3. The molecule has 0 bridgehead atoms. The van der Waals surface area contributed by atoms with Crippen molar-refractivity contribution in [3.63, 3.8) is 0 Å². The standard InChI is InChI=1S/C12H10F3NO5S.C2H6/c1-16-22(19,20)7-2-3-9-6(4-7)5-8(11(17)18)10(21-9)12(13,14)15;1-2/h2-5,10,16H,1H3,(H,17,18);1-2H3. The van der Waals surface area contributed by atoms with Crippen molar-refractivity contribution in [2.24, 2.45) is 0 Å². The van der Waals surface area contributed by atoms with Crippen LogP contribution in [0.1, 0.15) is 19.4 Å². The molecule has 0 aromatic heterocycles. The van der Waals surface area contributed by atoms with Crippen molar-refractivity contribution in [2.75, 3.05) is 7.05 Å². The molecule has 1 aliphatic rings. The van der Waals surface area contributed by atoms with Gasteiger partial charge in [0.25, 0.3) is 0 Å². The molecule has 2 rings (SSSR count). The van der Waals surface area contributed by atoms with Gasteiger partial charge in [0.05, 0.1) is 10.5 Å². The van der Waals surface area contributed by atoms with E-state index in [2.05, 4.69) is 4.74 Å². The highest BCUT2D eigenvalue weighted by Gasteiger charge is 2.48. The summed E-state index contributed by atoms with van der Waals surface area (Å²) in [5.41, 5.74) is -1.08. The fourth-order valence-electron chi connectivity index (χ4n) is 1.88. The molecule has 1 atom stereocenters. The molecule has 24 heavy (non-hydrogen) atoms. The van der Waals surface area contributed by atoms with Crippen molar-refractivity contribution in [3.05, 3.63) is 29.3 Å². The van der Waals surface area contributed by atoms with E-state index < -0.39 is 33.8 Å². The van der Waals surface area contributed by atoms with Gasteiger partial charge in [-0.2, -0.15) is 13.2 Å². The number of ether oxygens (including phenoxy) is 1. The van der Waals surface area contributed by atoms with Gasteiger partial charge in [-0.05, 0) is 31.3 Å². The van der Waals surface area contributed by atoms with Gasteiger partial charge in [0, 0.05) is 5.56 Å². The quantitative estimate of drug-likeness (QED) is 0.856. The third kappa shape index (κ3) is 4.06. The lowest BCUT2D eigenvalue weighted by Crippen LogP contribution is -2.40. The average Bonchev–Trinajstić information content (AvgIpc) is 2.54. The number of hydrogen-bond acceptors (Lipinski definition) is 4. The molecular formula is C14H16F3NO5S. The summed E-state index contributed by atoms with van der Waals surface area (Å²) in [6.07, 6.45) is -6.75. The van der Waals surface area contributed by atoms with E-state index in [1.54, 1.807) is 0 Å². The number of carboxylic acid groups (broad SMARTS) is 1. The summed E-state index contributed by atoms with van der Waals surface area (Å²) in [4.78, 5) is 10.8. The van der Waals surface area contributed by atoms with E-state index in [-0.39, 0.29) is 16.2 Å². The second kappa shape index (κ2) is 7.22. The molecule has 0 aliphatic carbocycles. The number of carbonyl (C=O) groups is 1. The van der Waals surface area contributed by atoms with Crippen LogP contribution in [0.25, 0.3) is 6.08 Å². The summed E-state index contributed by atoms with van der Waals surface area (Å²) in [5.74, 6) is -2.04. The normalized spacial score (nSPS) is 16.9. The highest BCUT2D eigenvalue weighted by atomic mass is 32.2. The molecule has 1 unspecified atom stereocenters. The van der Waals surface area contributed by atoms with Crippen LogP contribution in [0, 0.1) is 0 Å². The average molecular weight is 367 g/mol. The Balaban J connectivity index is 0.00000139. The maximum absolute atomic E-state index is 12.8. The smallest absolute Gasteiger partial charge is 0.430 e. The predicted molar refractivity (Wildman–Crippen MR) is 80.1 cm³/mol. The molecule has 1 aromatic carbocycles. The lowest BCUT2D eigenvalue weighted by molar-refractivity contribution is -0.187. The molecule has 1 heterocycles. The second-order valence-corrected chi connectivity index (χ2v) is 6.24. The van der Waals surface area contributed by atoms with Crippen molar-refractivity contribution in [1.29, 1.82) is 0 Å². The predicted octanol–water partition coefficient (Wildman–Crippen LogP) is 2.41. The summed E-state index contributed by atoms with van der Waals surface area (Å²) in [6, 6.07) is 3.15. The fraction of sp³-hybridized carbons (Fsp3) is 0.357. The van der Waals surface area contributed by atoms with E-state index in [0.29, 0.717) is 0 Å². The first kappa shape index (κ1) is 20.0. The van der Waals surface area contributed by atoms with Crippen LogP contribution in [-0.2, 0) is 14.8 Å². The number of alkyl halides is 3. The first-order valence-corrected chi connectivity index (χ1v) is 8.30. The van der Waals surface area contributed by atoms with Gasteiger partial charge in [0.1, 0.15) is 5.75 Å². The van der Waals surface area contributed by atoms with E-state index in [1.165, 1.54) is 7.05 Å². The maximum Gasteiger partial charge on any atom is 0.430 e. The first-order valence-electron chi connectivity index (χ1n) is 6.82. The van der Waals surface area contributed by atoms with Crippen LogP contribution in [0.3, 0.4) is 0 Å². The summed E-state index contributed by atoms with van der Waals surface area (Å²) < 4.78 is 68.5. The molecule has 6 nitrogen and oxygen atoms in total. The summed E-state index contributed by atoms with van der Waals surface area (Å²) in [5, 5.41) is 8.89. The van der Waals surface area contributed by atoms with E-state index >= 15 is 0 Å². The first-order chi connectivity index (χ1) is 11.1.